The smallest absolute Gasteiger partial charge is 0.411 e. The molecule has 2 amide bonds. The first-order valence-corrected chi connectivity index (χ1v) is 17.8. The van der Waals surface area contributed by atoms with Crippen LogP contribution in [0.25, 0.3) is 0 Å². The van der Waals surface area contributed by atoms with Gasteiger partial charge >= 0.3 is 24.1 Å². The number of amides is 2. The third kappa shape index (κ3) is 13.4. The van der Waals surface area contributed by atoms with Gasteiger partial charge in [0.15, 0.2) is 0 Å². The highest BCUT2D eigenvalue weighted by molar-refractivity contribution is 5.83. The van der Waals surface area contributed by atoms with Gasteiger partial charge in [-0.1, -0.05) is 66.7 Å². The van der Waals surface area contributed by atoms with Crippen molar-refractivity contribution in [2.45, 2.75) is 135 Å². The monoisotopic (exact) mass is 708 g/mol. The van der Waals surface area contributed by atoms with Crippen molar-refractivity contribution in [2.24, 2.45) is 0 Å². The second kappa shape index (κ2) is 19.3. The summed E-state index contributed by atoms with van der Waals surface area (Å²) in [6.07, 6.45) is 5.17. The molecule has 280 valence electrons. The Kier molecular flexibility index (Phi) is 15.5. The molecule has 0 radical (unpaired) electrons. The molecule has 2 aromatic rings. The standard InChI is InChI=1S/C20H29NO5.C20H27NO4/c1-20(2,3)26-18(23)17-12-11-16(10-7-13-22)21(17)19(24)25-14-15-8-5-4-6-9-15;1-5-9-16-12-13-17(18(22)25-20(2,3)4)21(16)19(23)24-14-15-10-7-6-8-11-15/h4-6,8-9,16-17,22H,7,10-14H2,1-3H3;5-8,10-11,16-17H,1,9,12-14H2,2-4H3/t2*16-,17+/m11/s1. The first kappa shape index (κ1) is 41.0. The third-order valence-electron chi connectivity index (χ3n) is 8.33. The van der Waals surface area contributed by atoms with Gasteiger partial charge in [0.05, 0.1) is 0 Å². The van der Waals surface area contributed by atoms with Crippen molar-refractivity contribution in [3.8, 4) is 0 Å². The lowest BCUT2D eigenvalue weighted by Crippen LogP contribution is -2.47. The molecule has 0 bridgehead atoms. The van der Waals surface area contributed by atoms with E-state index in [4.69, 9.17) is 24.1 Å². The van der Waals surface area contributed by atoms with Crippen LogP contribution in [0.5, 0.6) is 0 Å². The van der Waals surface area contributed by atoms with E-state index in [0.29, 0.717) is 38.5 Å². The predicted octanol–water partition coefficient (Wildman–Crippen LogP) is 7.34. The van der Waals surface area contributed by atoms with Gasteiger partial charge in [0, 0.05) is 18.7 Å². The average molecular weight is 709 g/mol. The lowest BCUT2D eigenvalue weighted by Gasteiger charge is -2.30. The molecule has 2 heterocycles. The fourth-order valence-electron chi connectivity index (χ4n) is 6.14. The fraction of sp³-hybridized carbons (Fsp3) is 0.550. The Labute approximate surface area is 302 Å². The summed E-state index contributed by atoms with van der Waals surface area (Å²) < 4.78 is 21.9. The number of carbonyl (C=O) groups excluding carboxylic acids is 4. The SMILES string of the molecule is C=CC[C@@H]1CC[C@@H](C(=O)OC(C)(C)C)N1C(=O)OCc1ccccc1.CC(C)(C)OC(=O)[C@@H]1CC[C@@H](CCCO)N1C(=O)OCc1ccccc1. The summed E-state index contributed by atoms with van der Waals surface area (Å²) in [6, 6.07) is 17.4. The second-order valence-corrected chi connectivity index (χ2v) is 14.8. The zero-order valence-corrected chi connectivity index (χ0v) is 31.0. The predicted molar refractivity (Wildman–Crippen MR) is 193 cm³/mol. The largest absolute Gasteiger partial charge is 0.458 e. The van der Waals surface area contributed by atoms with Crippen LogP contribution in [0.15, 0.2) is 73.3 Å². The Hall–Kier alpha value is -4.38. The first-order valence-electron chi connectivity index (χ1n) is 17.8. The molecule has 2 aromatic carbocycles. The van der Waals surface area contributed by atoms with Gasteiger partial charge in [0.2, 0.25) is 0 Å². The highest BCUT2D eigenvalue weighted by Crippen LogP contribution is 2.31. The molecule has 11 heteroatoms. The van der Waals surface area contributed by atoms with Crippen LogP contribution < -0.4 is 0 Å². The maximum absolute atomic E-state index is 12.7. The van der Waals surface area contributed by atoms with E-state index >= 15 is 0 Å². The first-order chi connectivity index (χ1) is 24.1. The summed E-state index contributed by atoms with van der Waals surface area (Å²) in [6.45, 7) is 15.0. The van der Waals surface area contributed by atoms with E-state index in [1.807, 2.05) is 81.4 Å². The number of benzene rings is 2. The van der Waals surface area contributed by atoms with E-state index in [0.717, 1.165) is 17.5 Å². The summed E-state index contributed by atoms with van der Waals surface area (Å²) in [5.74, 6) is -0.781. The molecule has 0 spiro atoms. The van der Waals surface area contributed by atoms with Crippen LogP contribution in [0.2, 0.25) is 0 Å². The van der Waals surface area contributed by atoms with Gasteiger partial charge in [0.25, 0.3) is 0 Å². The van der Waals surface area contributed by atoms with Crippen molar-refractivity contribution < 1.29 is 43.2 Å². The molecule has 0 unspecified atom stereocenters. The van der Waals surface area contributed by atoms with Crippen LogP contribution in [0, 0.1) is 0 Å². The number of aliphatic hydroxyl groups is 1. The van der Waals surface area contributed by atoms with E-state index in [2.05, 4.69) is 6.58 Å². The highest BCUT2D eigenvalue weighted by Gasteiger charge is 2.44. The number of ether oxygens (including phenoxy) is 4. The van der Waals surface area contributed by atoms with Crippen molar-refractivity contribution in [1.29, 1.82) is 0 Å². The summed E-state index contributed by atoms with van der Waals surface area (Å²) in [4.78, 5) is 53.4. The molecule has 2 aliphatic rings. The van der Waals surface area contributed by atoms with Gasteiger partial charge in [-0.3, -0.25) is 9.80 Å². The molecule has 1 N–H and O–H groups in total. The van der Waals surface area contributed by atoms with E-state index in [1.54, 1.807) is 26.8 Å². The number of nitrogens with zero attached hydrogens (tertiary/aromatic N) is 2. The molecular weight excluding hydrogens is 652 g/mol. The van der Waals surface area contributed by atoms with Gasteiger partial charge in [-0.2, -0.15) is 0 Å². The molecule has 0 aromatic heterocycles. The zero-order chi connectivity index (χ0) is 37.6. The molecule has 51 heavy (non-hydrogen) atoms. The molecule has 0 saturated carbocycles. The quantitative estimate of drug-likeness (QED) is 0.145. The van der Waals surface area contributed by atoms with Crippen LogP contribution in [-0.4, -0.2) is 81.0 Å². The number of rotatable bonds is 11. The minimum Gasteiger partial charge on any atom is -0.458 e. The van der Waals surface area contributed by atoms with Crippen molar-refractivity contribution >= 4 is 24.1 Å². The summed E-state index contributed by atoms with van der Waals surface area (Å²) in [5, 5.41) is 9.11. The van der Waals surface area contributed by atoms with Gasteiger partial charge in [0.1, 0.15) is 36.5 Å². The molecule has 4 atom stereocenters. The number of likely N-dealkylation sites (tertiary alicyclic amines) is 2. The van der Waals surface area contributed by atoms with Crippen molar-refractivity contribution in [3.63, 3.8) is 0 Å². The molecule has 11 nitrogen and oxygen atoms in total. The fourth-order valence-corrected chi connectivity index (χ4v) is 6.14. The normalized spacial score (nSPS) is 20.1. The number of esters is 2. The molecular formula is C40H56N2O9. The topological polar surface area (TPSA) is 132 Å². The Morgan fingerprint density at radius 3 is 1.51 bits per heavy atom. The summed E-state index contributed by atoms with van der Waals surface area (Å²) in [5.41, 5.74) is 0.595. The van der Waals surface area contributed by atoms with Gasteiger partial charge in [-0.25, -0.2) is 19.2 Å². The minimum absolute atomic E-state index is 0.0561. The third-order valence-corrected chi connectivity index (χ3v) is 8.33. The van der Waals surface area contributed by atoms with E-state index in [-0.39, 0.29) is 37.9 Å². The van der Waals surface area contributed by atoms with E-state index in [1.165, 1.54) is 9.80 Å². The Bertz CT molecular complexity index is 1420. The molecule has 4 rings (SSSR count). The molecule has 2 saturated heterocycles. The van der Waals surface area contributed by atoms with E-state index < -0.39 is 41.4 Å². The number of hydrogen-bond donors (Lipinski definition) is 1. The lowest BCUT2D eigenvalue weighted by molar-refractivity contribution is -0.161. The van der Waals surface area contributed by atoms with Crippen molar-refractivity contribution in [1.82, 2.24) is 9.80 Å². The number of aliphatic hydroxyl groups excluding tert-OH is 1. The van der Waals surface area contributed by atoms with Crippen molar-refractivity contribution in [2.75, 3.05) is 6.61 Å². The average Bonchev–Trinajstić information content (AvgIpc) is 3.70. The number of hydrogen-bond acceptors (Lipinski definition) is 9. The van der Waals surface area contributed by atoms with E-state index in [9.17, 15) is 19.2 Å². The summed E-state index contributed by atoms with van der Waals surface area (Å²) in [7, 11) is 0. The van der Waals surface area contributed by atoms with Crippen LogP contribution in [-0.2, 0) is 41.8 Å². The second-order valence-electron chi connectivity index (χ2n) is 14.8. The highest BCUT2D eigenvalue weighted by atomic mass is 16.6. The van der Waals surface area contributed by atoms with Gasteiger partial charge in [-0.15, -0.1) is 6.58 Å². The lowest BCUT2D eigenvalue weighted by atomic mass is 10.1. The van der Waals surface area contributed by atoms with Crippen LogP contribution in [0.3, 0.4) is 0 Å². The van der Waals surface area contributed by atoms with Crippen LogP contribution >= 0.6 is 0 Å². The number of carbonyl (C=O) groups is 4. The van der Waals surface area contributed by atoms with Crippen LogP contribution in [0.4, 0.5) is 9.59 Å². The summed E-state index contributed by atoms with van der Waals surface area (Å²) >= 11 is 0. The van der Waals surface area contributed by atoms with Gasteiger partial charge < -0.3 is 24.1 Å². The zero-order valence-electron chi connectivity index (χ0n) is 31.0. The Balaban J connectivity index is 0.000000276. The molecule has 0 aliphatic carbocycles. The minimum atomic E-state index is -0.638. The Morgan fingerprint density at radius 2 is 1.12 bits per heavy atom. The maximum atomic E-state index is 12.7. The van der Waals surface area contributed by atoms with Gasteiger partial charge in [-0.05, 0) is 97.6 Å². The van der Waals surface area contributed by atoms with Crippen molar-refractivity contribution in [3.05, 3.63) is 84.4 Å². The molecule has 2 fully saturated rings. The van der Waals surface area contributed by atoms with Crippen LogP contribution in [0.1, 0.15) is 97.6 Å². The maximum Gasteiger partial charge on any atom is 0.411 e. The molecule has 2 aliphatic heterocycles. The Morgan fingerprint density at radius 1 is 0.706 bits per heavy atom.